The van der Waals surface area contributed by atoms with Gasteiger partial charge in [0.05, 0.1) is 0 Å². The van der Waals surface area contributed by atoms with Crippen LogP contribution in [0.5, 0.6) is 11.5 Å². The summed E-state index contributed by atoms with van der Waals surface area (Å²) in [6.07, 6.45) is 1.28. The monoisotopic (exact) mass is 418 g/mol. The van der Waals surface area contributed by atoms with Gasteiger partial charge in [0.25, 0.3) is 0 Å². The van der Waals surface area contributed by atoms with Crippen molar-refractivity contribution in [2.45, 2.75) is 88.9 Å². The van der Waals surface area contributed by atoms with Crippen LogP contribution in [-0.4, -0.2) is 18.6 Å². The van der Waals surface area contributed by atoms with E-state index < -0.39 is 20.7 Å². The third kappa shape index (κ3) is 4.45. The van der Waals surface area contributed by atoms with Gasteiger partial charge in [-0.3, -0.25) is 0 Å². The number of aromatic hydroxyl groups is 2. The van der Waals surface area contributed by atoms with Gasteiger partial charge < -0.3 is 10.2 Å². The second kappa shape index (κ2) is 7.67. The summed E-state index contributed by atoms with van der Waals surface area (Å²) in [5.74, 6) is -0.485. The van der Waals surface area contributed by atoms with Gasteiger partial charge in [-0.15, -0.1) is 0 Å². The van der Waals surface area contributed by atoms with E-state index >= 15 is 0 Å². The highest BCUT2D eigenvalue weighted by molar-refractivity contribution is 7.91. The molecule has 0 radical (unpaired) electrons. The zero-order valence-electron chi connectivity index (χ0n) is 18.8. The molecule has 2 aromatic rings. The molecule has 0 spiro atoms. The van der Waals surface area contributed by atoms with Gasteiger partial charge in [-0.25, -0.2) is 8.42 Å². The van der Waals surface area contributed by atoms with Crippen LogP contribution in [0.25, 0.3) is 0 Å². The van der Waals surface area contributed by atoms with Crippen LogP contribution in [0, 0.1) is 0 Å². The second-order valence-electron chi connectivity index (χ2n) is 9.69. The van der Waals surface area contributed by atoms with Gasteiger partial charge in [-0.2, -0.15) is 0 Å². The molecule has 2 N–H and O–H groups in total. The molecule has 0 unspecified atom stereocenters. The van der Waals surface area contributed by atoms with Gasteiger partial charge in [0.15, 0.2) is 0 Å². The Bertz CT molecular complexity index is 943. The predicted octanol–water partition coefficient (Wildman–Crippen LogP) is 5.65. The Labute approximate surface area is 175 Å². The molecule has 2 rings (SSSR count). The molecule has 0 atom stereocenters. The van der Waals surface area contributed by atoms with Gasteiger partial charge in [0, 0.05) is 11.1 Å². The summed E-state index contributed by atoms with van der Waals surface area (Å²) in [7, 11) is -4.13. The van der Waals surface area contributed by atoms with Crippen LogP contribution < -0.4 is 0 Å². The molecule has 160 valence electrons. The Morgan fingerprint density at radius 2 is 1.00 bits per heavy atom. The quantitative estimate of drug-likeness (QED) is 0.673. The summed E-state index contributed by atoms with van der Waals surface area (Å²) in [5.41, 5.74) is 1.96. The molecule has 0 fully saturated rings. The smallest absolute Gasteiger partial charge is 0.213 e. The Kier molecular flexibility index (Phi) is 6.16. The van der Waals surface area contributed by atoms with Crippen LogP contribution in [0.3, 0.4) is 0 Å². The fourth-order valence-electron chi connectivity index (χ4n) is 3.41. The van der Waals surface area contributed by atoms with Crippen molar-refractivity contribution in [1.82, 2.24) is 0 Å². The summed E-state index contributed by atoms with van der Waals surface area (Å²) >= 11 is 0. The van der Waals surface area contributed by atoms with Crippen LogP contribution in [0.4, 0.5) is 0 Å². The largest absolute Gasteiger partial charge is 0.506 e. The highest BCUT2D eigenvalue weighted by Crippen LogP contribution is 2.43. The third-order valence-electron chi connectivity index (χ3n) is 5.28. The average molecular weight is 419 g/mol. The summed E-state index contributed by atoms with van der Waals surface area (Å²) in [6.45, 7) is 15.5. The first-order valence-electron chi connectivity index (χ1n) is 10.1. The topological polar surface area (TPSA) is 74.6 Å². The number of phenols is 2. The molecular formula is C24H34O4S. The molecule has 0 saturated carbocycles. The Balaban J connectivity index is 2.91. The van der Waals surface area contributed by atoms with Gasteiger partial charge >= 0.3 is 0 Å². The highest BCUT2D eigenvalue weighted by Gasteiger charge is 2.32. The maximum absolute atomic E-state index is 13.7. The molecule has 0 saturated heterocycles. The van der Waals surface area contributed by atoms with E-state index in [1.54, 1.807) is 0 Å². The first-order valence-corrected chi connectivity index (χ1v) is 11.6. The summed E-state index contributed by atoms with van der Waals surface area (Å²) in [4.78, 5) is -0.296. The highest BCUT2D eigenvalue weighted by atomic mass is 32.2. The number of rotatable bonds is 4. The standard InChI is InChI=1S/C24H34O4S/c1-9-15-11-17(23(3,4)5)21(25)19(13-15)29(27,28)20-14-16(10-2)12-18(22(20)26)24(6,7)8/h11-14,25-26H,9-10H2,1-8H3. The van der Waals surface area contributed by atoms with Crippen molar-refractivity contribution in [1.29, 1.82) is 0 Å². The van der Waals surface area contributed by atoms with Crippen LogP contribution in [-0.2, 0) is 33.5 Å². The Morgan fingerprint density at radius 3 is 1.24 bits per heavy atom. The lowest BCUT2D eigenvalue weighted by Gasteiger charge is -2.25. The minimum absolute atomic E-state index is 0.148. The van der Waals surface area contributed by atoms with E-state index in [9.17, 15) is 18.6 Å². The molecule has 0 heterocycles. The number of sulfone groups is 1. The van der Waals surface area contributed by atoms with Crippen LogP contribution in [0.15, 0.2) is 34.1 Å². The SMILES string of the molecule is CCc1cc(C(C)(C)C)c(O)c(S(=O)(=O)c2cc(CC)cc(C(C)(C)C)c2O)c1. The van der Waals surface area contributed by atoms with Gasteiger partial charge in [0.1, 0.15) is 21.3 Å². The van der Waals surface area contributed by atoms with Crippen molar-refractivity contribution >= 4 is 9.84 Å². The van der Waals surface area contributed by atoms with Crippen molar-refractivity contribution in [3.8, 4) is 11.5 Å². The van der Waals surface area contributed by atoms with E-state index in [-0.39, 0.29) is 21.3 Å². The first-order chi connectivity index (χ1) is 13.1. The van der Waals surface area contributed by atoms with Crippen molar-refractivity contribution in [3.63, 3.8) is 0 Å². The summed E-state index contributed by atoms with van der Waals surface area (Å²) < 4.78 is 27.3. The van der Waals surface area contributed by atoms with E-state index in [1.165, 1.54) is 12.1 Å². The molecule has 4 nitrogen and oxygen atoms in total. The molecule has 29 heavy (non-hydrogen) atoms. The predicted molar refractivity (Wildman–Crippen MR) is 118 cm³/mol. The molecule has 0 aliphatic heterocycles. The van der Waals surface area contributed by atoms with E-state index in [2.05, 4.69) is 0 Å². The maximum atomic E-state index is 13.7. The fraction of sp³-hybridized carbons (Fsp3) is 0.500. The number of aryl methyl sites for hydroxylation is 2. The molecule has 5 heteroatoms. The number of hydrogen-bond donors (Lipinski definition) is 2. The van der Waals surface area contributed by atoms with E-state index in [0.29, 0.717) is 24.0 Å². The zero-order chi connectivity index (χ0) is 22.4. The van der Waals surface area contributed by atoms with E-state index in [4.69, 9.17) is 0 Å². The van der Waals surface area contributed by atoms with Crippen molar-refractivity contribution in [2.24, 2.45) is 0 Å². The molecule has 0 aliphatic carbocycles. The van der Waals surface area contributed by atoms with Crippen LogP contribution >= 0.6 is 0 Å². The lowest BCUT2D eigenvalue weighted by atomic mass is 9.85. The van der Waals surface area contributed by atoms with Gasteiger partial charge in [-0.05, 0) is 46.9 Å². The van der Waals surface area contributed by atoms with Crippen molar-refractivity contribution in [2.75, 3.05) is 0 Å². The molecule has 2 aromatic carbocycles. The lowest BCUT2D eigenvalue weighted by molar-refractivity contribution is 0.426. The molecule has 0 bridgehead atoms. The summed E-state index contributed by atoms with van der Waals surface area (Å²) in [5, 5.41) is 21.9. The lowest BCUT2D eigenvalue weighted by Crippen LogP contribution is -2.16. The molecular weight excluding hydrogens is 384 g/mol. The normalized spacial score (nSPS) is 13.0. The average Bonchev–Trinajstić information content (AvgIpc) is 2.59. The van der Waals surface area contributed by atoms with Gasteiger partial charge in [-0.1, -0.05) is 67.5 Å². The fourth-order valence-corrected chi connectivity index (χ4v) is 4.99. The van der Waals surface area contributed by atoms with E-state index in [0.717, 1.165) is 11.1 Å². The van der Waals surface area contributed by atoms with Gasteiger partial charge in [0.2, 0.25) is 9.84 Å². The zero-order valence-corrected chi connectivity index (χ0v) is 19.7. The number of hydrogen-bond acceptors (Lipinski definition) is 4. The van der Waals surface area contributed by atoms with Crippen LogP contribution in [0.2, 0.25) is 0 Å². The molecule has 0 aromatic heterocycles. The Morgan fingerprint density at radius 1 is 0.690 bits per heavy atom. The third-order valence-corrected chi connectivity index (χ3v) is 7.06. The summed E-state index contributed by atoms with van der Waals surface area (Å²) in [6, 6.07) is 6.76. The minimum Gasteiger partial charge on any atom is -0.506 e. The first kappa shape index (κ1) is 23.3. The van der Waals surface area contributed by atoms with Crippen molar-refractivity contribution in [3.05, 3.63) is 46.5 Å². The number of benzene rings is 2. The van der Waals surface area contributed by atoms with E-state index in [1.807, 2.05) is 67.5 Å². The maximum Gasteiger partial charge on any atom is 0.213 e. The van der Waals surface area contributed by atoms with Crippen molar-refractivity contribution < 1.29 is 18.6 Å². The number of phenolic OH excluding ortho intramolecular Hbond substituents is 2. The molecule has 0 aliphatic rings. The minimum atomic E-state index is -4.13. The Hall–Kier alpha value is -2.01. The molecule has 0 amide bonds. The second-order valence-corrected chi connectivity index (χ2v) is 11.6. The van der Waals surface area contributed by atoms with Crippen LogP contribution in [0.1, 0.15) is 77.6 Å².